The fourth-order valence-corrected chi connectivity index (χ4v) is 2.35. The first-order valence-electron chi connectivity index (χ1n) is 6.94. The molecule has 0 spiro atoms. The number of nitrogens with zero attached hydrogens (tertiary/aromatic N) is 2. The maximum Gasteiger partial charge on any atom is 0.244 e. The highest BCUT2D eigenvalue weighted by molar-refractivity contribution is 5.98. The van der Waals surface area contributed by atoms with Crippen LogP contribution in [0.25, 0.3) is 5.69 Å². The van der Waals surface area contributed by atoms with Crippen LogP contribution in [0.1, 0.15) is 12.8 Å². The second kappa shape index (κ2) is 5.67. The number of rotatable bonds is 3. The molecule has 6 heteroatoms. The van der Waals surface area contributed by atoms with Crippen LogP contribution in [0.3, 0.4) is 0 Å². The summed E-state index contributed by atoms with van der Waals surface area (Å²) < 4.78 is 7.15. The van der Waals surface area contributed by atoms with Crippen LogP contribution in [0.5, 0.6) is 0 Å². The fraction of sp³-hybridized carbons (Fsp3) is 0.333. The molecule has 1 aromatic heterocycles. The molecule has 2 heterocycles. The zero-order valence-corrected chi connectivity index (χ0v) is 11.7. The van der Waals surface area contributed by atoms with Crippen molar-refractivity contribution in [3.05, 3.63) is 43.0 Å². The lowest BCUT2D eigenvalue weighted by Crippen LogP contribution is -2.54. The normalized spacial score (nSPS) is 17.4. The summed E-state index contributed by atoms with van der Waals surface area (Å²) in [6.07, 6.45) is 6.41. The fourth-order valence-electron chi connectivity index (χ4n) is 2.35. The number of anilines is 1. The van der Waals surface area contributed by atoms with Gasteiger partial charge in [-0.2, -0.15) is 0 Å². The Kier molecular flexibility index (Phi) is 3.72. The number of hydrogen-bond donors (Lipinski definition) is 2. The maximum atomic E-state index is 12.3. The molecule has 110 valence electrons. The van der Waals surface area contributed by atoms with Crippen molar-refractivity contribution in [2.75, 3.05) is 18.5 Å². The summed E-state index contributed by atoms with van der Waals surface area (Å²) in [5.41, 5.74) is 7.04. The van der Waals surface area contributed by atoms with Gasteiger partial charge in [0, 0.05) is 37.0 Å². The molecule has 0 unspecified atom stereocenters. The quantitative estimate of drug-likeness (QED) is 0.891. The summed E-state index contributed by atoms with van der Waals surface area (Å²) in [5.74, 6) is -0.152. The summed E-state index contributed by atoms with van der Waals surface area (Å²) in [6.45, 7) is 1.06. The highest BCUT2D eigenvalue weighted by Crippen LogP contribution is 2.21. The molecule has 1 saturated heterocycles. The Balaban J connectivity index is 1.69. The van der Waals surface area contributed by atoms with Crippen molar-refractivity contribution in [1.82, 2.24) is 9.55 Å². The van der Waals surface area contributed by atoms with E-state index < -0.39 is 5.54 Å². The second-order valence-corrected chi connectivity index (χ2v) is 5.24. The summed E-state index contributed by atoms with van der Waals surface area (Å²) in [5, 5.41) is 2.88. The molecule has 0 atom stereocenters. The van der Waals surface area contributed by atoms with Crippen molar-refractivity contribution in [3.8, 4) is 5.69 Å². The van der Waals surface area contributed by atoms with Gasteiger partial charge in [-0.25, -0.2) is 4.98 Å². The van der Waals surface area contributed by atoms with Gasteiger partial charge in [0.25, 0.3) is 0 Å². The Hall–Kier alpha value is -2.18. The summed E-state index contributed by atoms with van der Waals surface area (Å²) in [6, 6.07) is 7.56. The minimum Gasteiger partial charge on any atom is -0.381 e. The number of nitrogens with one attached hydrogen (secondary N) is 1. The Morgan fingerprint density at radius 1 is 1.29 bits per heavy atom. The van der Waals surface area contributed by atoms with Crippen LogP contribution >= 0.6 is 0 Å². The van der Waals surface area contributed by atoms with E-state index in [9.17, 15) is 4.79 Å². The third-order valence-electron chi connectivity index (χ3n) is 3.76. The van der Waals surface area contributed by atoms with Crippen LogP contribution in [0.4, 0.5) is 5.69 Å². The lowest BCUT2D eigenvalue weighted by molar-refractivity contribution is -0.124. The molecule has 1 aliphatic heterocycles. The number of hydrogen-bond acceptors (Lipinski definition) is 4. The van der Waals surface area contributed by atoms with E-state index in [0.29, 0.717) is 26.1 Å². The molecular weight excluding hydrogens is 268 g/mol. The topological polar surface area (TPSA) is 82.2 Å². The summed E-state index contributed by atoms with van der Waals surface area (Å²) in [7, 11) is 0. The Bertz CT molecular complexity index is 601. The molecule has 6 nitrogen and oxygen atoms in total. The van der Waals surface area contributed by atoms with Gasteiger partial charge in [0.1, 0.15) is 5.54 Å². The van der Waals surface area contributed by atoms with Gasteiger partial charge in [0.2, 0.25) is 5.91 Å². The molecule has 3 rings (SSSR count). The molecule has 1 amide bonds. The van der Waals surface area contributed by atoms with E-state index in [4.69, 9.17) is 10.5 Å². The third kappa shape index (κ3) is 2.96. The molecule has 3 N–H and O–H groups in total. The molecule has 2 aromatic rings. The van der Waals surface area contributed by atoms with Crippen molar-refractivity contribution in [2.45, 2.75) is 18.4 Å². The summed E-state index contributed by atoms with van der Waals surface area (Å²) in [4.78, 5) is 16.3. The molecular formula is C15H18N4O2. The number of carbonyl (C=O) groups excluding carboxylic acids is 1. The van der Waals surface area contributed by atoms with E-state index >= 15 is 0 Å². The monoisotopic (exact) mass is 286 g/mol. The van der Waals surface area contributed by atoms with E-state index in [2.05, 4.69) is 10.3 Å². The third-order valence-corrected chi connectivity index (χ3v) is 3.76. The second-order valence-electron chi connectivity index (χ2n) is 5.24. The summed E-state index contributed by atoms with van der Waals surface area (Å²) >= 11 is 0. The van der Waals surface area contributed by atoms with E-state index in [-0.39, 0.29) is 5.91 Å². The molecule has 1 aliphatic rings. The number of amides is 1. The van der Waals surface area contributed by atoms with Crippen LogP contribution in [0.2, 0.25) is 0 Å². The van der Waals surface area contributed by atoms with E-state index in [1.807, 2.05) is 35.0 Å². The molecule has 1 aromatic carbocycles. The van der Waals surface area contributed by atoms with E-state index in [1.54, 1.807) is 12.5 Å². The van der Waals surface area contributed by atoms with Crippen LogP contribution < -0.4 is 11.1 Å². The van der Waals surface area contributed by atoms with E-state index in [1.165, 1.54) is 0 Å². The van der Waals surface area contributed by atoms with Gasteiger partial charge in [0.15, 0.2) is 0 Å². The minimum atomic E-state index is -0.832. The number of ether oxygens (including phenoxy) is 1. The largest absolute Gasteiger partial charge is 0.381 e. The molecule has 1 fully saturated rings. The van der Waals surface area contributed by atoms with Gasteiger partial charge in [-0.3, -0.25) is 4.79 Å². The molecule has 21 heavy (non-hydrogen) atoms. The zero-order valence-electron chi connectivity index (χ0n) is 11.7. The molecule has 0 aliphatic carbocycles. The Morgan fingerprint density at radius 3 is 2.62 bits per heavy atom. The van der Waals surface area contributed by atoms with Crippen LogP contribution in [-0.2, 0) is 9.53 Å². The smallest absolute Gasteiger partial charge is 0.244 e. The zero-order chi connectivity index (χ0) is 14.7. The van der Waals surface area contributed by atoms with Crippen molar-refractivity contribution in [1.29, 1.82) is 0 Å². The first-order chi connectivity index (χ1) is 10.2. The predicted molar refractivity (Wildman–Crippen MR) is 79.2 cm³/mol. The number of aromatic nitrogens is 2. The van der Waals surface area contributed by atoms with Crippen molar-refractivity contribution in [3.63, 3.8) is 0 Å². The predicted octanol–water partition coefficient (Wildman–Crippen LogP) is 1.32. The standard InChI is InChI=1S/C15H18N4O2/c16-15(5-9-21-10-6-15)14(20)18-12-1-3-13(4-2-12)19-8-7-17-11-19/h1-4,7-8,11H,5-6,9-10,16H2,(H,18,20). The Morgan fingerprint density at radius 2 is 2.00 bits per heavy atom. The highest BCUT2D eigenvalue weighted by Gasteiger charge is 2.35. The van der Waals surface area contributed by atoms with Crippen LogP contribution in [0, 0.1) is 0 Å². The average Bonchev–Trinajstić information content (AvgIpc) is 3.03. The van der Waals surface area contributed by atoms with Crippen LogP contribution in [0.15, 0.2) is 43.0 Å². The molecule has 0 bridgehead atoms. The lowest BCUT2D eigenvalue weighted by Gasteiger charge is -2.31. The number of carbonyl (C=O) groups is 1. The Labute approximate surface area is 122 Å². The van der Waals surface area contributed by atoms with E-state index in [0.717, 1.165) is 11.4 Å². The first-order valence-corrected chi connectivity index (χ1v) is 6.94. The number of nitrogens with two attached hydrogens (primary N) is 1. The molecule has 0 radical (unpaired) electrons. The maximum absolute atomic E-state index is 12.3. The lowest BCUT2D eigenvalue weighted by atomic mass is 9.90. The van der Waals surface area contributed by atoms with Crippen LogP contribution in [-0.4, -0.2) is 34.2 Å². The molecule has 0 saturated carbocycles. The van der Waals surface area contributed by atoms with Gasteiger partial charge in [-0.1, -0.05) is 0 Å². The van der Waals surface area contributed by atoms with Gasteiger partial charge in [-0.15, -0.1) is 0 Å². The van der Waals surface area contributed by atoms with Crippen molar-refractivity contribution < 1.29 is 9.53 Å². The van der Waals surface area contributed by atoms with Crippen molar-refractivity contribution in [2.24, 2.45) is 5.73 Å². The van der Waals surface area contributed by atoms with Gasteiger partial charge >= 0.3 is 0 Å². The SMILES string of the molecule is NC1(C(=O)Nc2ccc(-n3ccnc3)cc2)CCOCC1. The highest BCUT2D eigenvalue weighted by atomic mass is 16.5. The van der Waals surface area contributed by atoms with Crippen molar-refractivity contribution >= 4 is 11.6 Å². The number of benzene rings is 1. The first kappa shape index (κ1) is 13.8. The minimum absolute atomic E-state index is 0.152. The van der Waals surface area contributed by atoms with Gasteiger partial charge < -0.3 is 20.4 Å². The number of imidazole rings is 1. The average molecular weight is 286 g/mol. The van der Waals surface area contributed by atoms with Gasteiger partial charge in [0.05, 0.1) is 6.33 Å². The van der Waals surface area contributed by atoms with Gasteiger partial charge in [-0.05, 0) is 37.1 Å².